The summed E-state index contributed by atoms with van der Waals surface area (Å²) in [6, 6.07) is 19.7. The summed E-state index contributed by atoms with van der Waals surface area (Å²) in [5.74, 6) is 0. The Morgan fingerprint density at radius 1 is 0.808 bits per heavy atom. The Labute approximate surface area is 157 Å². The normalized spacial score (nSPS) is 13.4. The maximum atomic E-state index is 13.0. The molecule has 3 aromatic rings. The molecule has 26 heavy (non-hydrogen) atoms. The third-order valence-corrected chi connectivity index (χ3v) is 8.81. The maximum absolute atomic E-state index is 13.0. The molecule has 0 fully saturated rings. The first kappa shape index (κ1) is 18.8. The molecule has 0 aliphatic rings. The number of sulfonamides is 1. The Hall–Kier alpha value is -2.00. The molecule has 5 nitrogen and oxygen atoms in total. The molecule has 3 rings (SSSR count). The number of benzene rings is 2. The van der Waals surface area contributed by atoms with Crippen LogP contribution in [-0.4, -0.2) is 23.4 Å². The molecule has 136 valence electrons. The van der Waals surface area contributed by atoms with Crippen molar-refractivity contribution < 1.29 is 16.8 Å². The first-order valence-corrected chi connectivity index (χ1v) is 11.7. The molecule has 0 saturated heterocycles. The van der Waals surface area contributed by atoms with Crippen molar-refractivity contribution in [1.29, 1.82) is 0 Å². The van der Waals surface area contributed by atoms with Crippen molar-refractivity contribution in [3.63, 3.8) is 0 Å². The van der Waals surface area contributed by atoms with E-state index in [-0.39, 0.29) is 15.6 Å². The van der Waals surface area contributed by atoms with Gasteiger partial charge in [0, 0.05) is 6.54 Å². The summed E-state index contributed by atoms with van der Waals surface area (Å²) in [7, 11) is -7.53. The molecule has 0 spiro atoms. The maximum Gasteiger partial charge on any atom is 0.240 e. The van der Waals surface area contributed by atoms with Gasteiger partial charge >= 0.3 is 0 Å². The van der Waals surface area contributed by atoms with E-state index in [4.69, 9.17) is 0 Å². The van der Waals surface area contributed by atoms with Crippen molar-refractivity contribution in [3.8, 4) is 0 Å². The fourth-order valence-electron chi connectivity index (χ4n) is 2.51. The zero-order valence-corrected chi connectivity index (χ0v) is 16.1. The first-order valence-electron chi connectivity index (χ1n) is 7.78. The van der Waals surface area contributed by atoms with E-state index in [0.29, 0.717) is 5.56 Å². The summed E-state index contributed by atoms with van der Waals surface area (Å²) in [5.41, 5.74) is 0.539. The lowest BCUT2D eigenvalue weighted by Gasteiger charge is -2.18. The average molecular weight is 408 g/mol. The predicted octanol–water partition coefficient (Wildman–Crippen LogP) is 3.24. The van der Waals surface area contributed by atoms with Crippen LogP contribution in [0.4, 0.5) is 0 Å². The molecule has 1 N–H and O–H groups in total. The predicted molar refractivity (Wildman–Crippen MR) is 102 cm³/mol. The molecule has 0 aliphatic carbocycles. The molecule has 2 aromatic carbocycles. The summed E-state index contributed by atoms with van der Waals surface area (Å²) in [6.45, 7) is -0.249. The molecule has 1 heterocycles. The SMILES string of the molecule is O=S(=O)(NC[C@@H](c1ccccc1)S(=O)(=O)c1cccs1)c1ccccc1. The smallest absolute Gasteiger partial charge is 0.222 e. The Morgan fingerprint density at radius 2 is 1.42 bits per heavy atom. The van der Waals surface area contributed by atoms with Gasteiger partial charge in [-0.15, -0.1) is 11.3 Å². The van der Waals surface area contributed by atoms with E-state index in [1.54, 1.807) is 60.0 Å². The highest BCUT2D eigenvalue weighted by molar-refractivity contribution is 7.93. The van der Waals surface area contributed by atoms with Crippen molar-refractivity contribution >= 4 is 31.2 Å². The lowest BCUT2D eigenvalue weighted by Crippen LogP contribution is -2.31. The van der Waals surface area contributed by atoms with E-state index < -0.39 is 25.1 Å². The van der Waals surface area contributed by atoms with E-state index in [0.717, 1.165) is 11.3 Å². The van der Waals surface area contributed by atoms with Crippen LogP contribution in [0.2, 0.25) is 0 Å². The summed E-state index contributed by atoms with van der Waals surface area (Å²) in [6.07, 6.45) is 0. The number of hydrogen-bond acceptors (Lipinski definition) is 5. The highest BCUT2D eigenvalue weighted by Gasteiger charge is 2.31. The van der Waals surface area contributed by atoms with Crippen LogP contribution in [0.1, 0.15) is 10.8 Å². The van der Waals surface area contributed by atoms with Crippen molar-refractivity contribution in [2.24, 2.45) is 0 Å². The van der Waals surface area contributed by atoms with Crippen LogP contribution < -0.4 is 4.72 Å². The van der Waals surface area contributed by atoms with E-state index in [2.05, 4.69) is 4.72 Å². The lowest BCUT2D eigenvalue weighted by molar-refractivity contribution is 0.570. The van der Waals surface area contributed by atoms with E-state index in [1.807, 2.05) is 0 Å². The van der Waals surface area contributed by atoms with Crippen LogP contribution in [0.15, 0.2) is 87.3 Å². The average Bonchev–Trinajstić information content (AvgIpc) is 3.19. The van der Waals surface area contributed by atoms with Crippen LogP contribution >= 0.6 is 11.3 Å². The van der Waals surface area contributed by atoms with Gasteiger partial charge in [-0.2, -0.15) is 0 Å². The lowest BCUT2D eigenvalue weighted by atomic mass is 10.1. The van der Waals surface area contributed by atoms with Crippen molar-refractivity contribution in [1.82, 2.24) is 4.72 Å². The Morgan fingerprint density at radius 3 is 2.00 bits per heavy atom. The van der Waals surface area contributed by atoms with Gasteiger partial charge < -0.3 is 0 Å². The summed E-state index contributed by atoms with van der Waals surface area (Å²) < 4.78 is 53.7. The van der Waals surface area contributed by atoms with Crippen LogP contribution in [-0.2, 0) is 19.9 Å². The third kappa shape index (κ3) is 4.04. The fourth-order valence-corrected chi connectivity index (χ4v) is 6.55. The first-order chi connectivity index (χ1) is 12.4. The minimum absolute atomic E-state index is 0.0975. The molecule has 0 aliphatic heterocycles. The molecule has 0 amide bonds. The minimum Gasteiger partial charge on any atom is -0.222 e. The molecule has 0 radical (unpaired) electrons. The number of hydrogen-bond donors (Lipinski definition) is 1. The van der Waals surface area contributed by atoms with Crippen LogP contribution in [0, 0.1) is 0 Å². The Kier molecular flexibility index (Phi) is 5.57. The van der Waals surface area contributed by atoms with E-state index in [9.17, 15) is 16.8 Å². The largest absolute Gasteiger partial charge is 0.240 e. The zero-order valence-electron chi connectivity index (χ0n) is 13.6. The molecule has 0 saturated carbocycles. The number of rotatable bonds is 7. The fraction of sp³-hybridized carbons (Fsp3) is 0.111. The van der Waals surface area contributed by atoms with Crippen molar-refractivity contribution in [2.75, 3.05) is 6.54 Å². The van der Waals surface area contributed by atoms with Gasteiger partial charge in [-0.3, -0.25) is 0 Å². The van der Waals surface area contributed by atoms with Gasteiger partial charge in [-0.05, 0) is 29.1 Å². The number of sulfone groups is 1. The zero-order chi connectivity index (χ0) is 18.6. The second-order valence-electron chi connectivity index (χ2n) is 5.54. The van der Waals surface area contributed by atoms with Gasteiger partial charge in [0.05, 0.1) is 4.90 Å². The quantitative estimate of drug-likeness (QED) is 0.652. The van der Waals surface area contributed by atoms with Crippen molar-refractivity contribution in [3.05, 3.63) is 83.7 Å². The summed E-state index contributed by atoms with van der Waals surface area (Å²) >= 11 is 1.12. The highest BCUT2D eigenvalue weighted by atomic mass is 32.2. The van der Waals surface area contributed by atoms with Gasteiger partial charge in [0.1, 0.15) is 9.46 Å². The second kappa shape index (κ2) is 7.71. The molecule has 8 heteroatoms. The van der Waals surface area contributed by atoms with Crippen LogP contribution in [0.5, 0.6) is 0 Å². The number of thiophene rings is 1. The topological polar surface area (TPSA) is 80.3 Å². The molecule has 1 atom stereocenters. The van der Waals surface area contributed by atoms with Crippen molar-refractivity contribution in [2.45, 2.75) is 14.4 Å². The van der Waals surface area contributed by atoms with Gasteiger partial charge in [-0.25, -0.2) is 21.6 Å². The van der Waals surface area contributed by atoms with Gasteiger partial charge in [0.2, 0.25) is 10.0 Å². The van der Waals surface area contributed by atoms with Gasteiger partial charge in [-0.1, -0.05) is 54.6 Å². The van der Waals surface area contributed by atoms with E-state index in [1.165, 1.54) is 18.2 Å². The third-order valence-electron chi connectivity index (χ3n) is 3.83. The van der Waals surface area contributed by atoms with E-state index >= 15 is 0 Å². The Bertz CT molecular complexity index is 1050. The highest BCUT2D eigenvalue weighted by Crippen LogP contribution is 2.31. The molecule has 0 bridgehead atoms. The van der Waals surface area contributed by atoms with Gasteiger partial charge in [0.15, 0.2) is 9.84 Å². The monoisotopic (exact) mass is 407 g/mol. The molecular weight excluding hydrogens is 390 g/mol. The molecular formula is C18H17NO4S3. The second-order valence-corrected chi connectivity index (χ2v) is 10.6. The standard InChI is InChI=1S/C18H17NO4S3/c20-25(21,18-12-7-13-24-18)17(15-8-3-1-4-9-15)14-19-26(22,23)16-10-5-2-6-11-16/h1-13,17,19H,14H2/t17-/m0/s1. The molecule has 1 aromatic heterocycles. The summed E-state index contributed by atoms with van der Waals surface area (Å²) in [5, 5.41) is 0.670. The minimum atomic E-state index is -3.80. The van der Waals surface area contributed by atoms with Crippen LogP contribution in [0.3, 0.4) is 0 Å². The Balaban J connectivity index is 1.93. The number of nitrogens with one attached hydrogen (secondary N) is 1. The molecule has 0 unspecified atom stereocenters. The van der Waals surface area contributed by atoms with Crippen LogP contribution in [0.25, 0.3) is 0 Å². The van der Waals surface area contributed by atoms with Gasteiger partial charge in [0.25, 0.3) is 0 Å². The summed E-state index contributed by atoms with van der Waals surface area (Å²) in [4.78, 5) is 0.0975.